The van der Waals surface area contributed by atoms with Crippen LogP contribution in [0.1, 0.15) is 55.3 Å². The second kappa shape index (κ2) is 9.47. The van der Waals surface area contributed by atoms with Gasteiger partial charge in [0.05, 0.1) is 0 Å². The minimum Gasteiger partial charge on any atom is -0.443 e. The van der Waals surface area contributed by atoms with Crippen molar-refractivity contribution in [1.29, 1.82) is 0 Å². The van der Waals surface area contributed by atoms with E-state index in [1.165, 1.54) is 24.8 Å². The van der Waals surface area contributed by atoms with Crippen molar-refractivity contribution in [2.75, 3.05) is 13.1 Å². The van der Waals surface area contributed by atoms with Crippen molar-refractivity contribution in [1.82, 2.24) is 15.5 Å². The lowest BCUT2D eigenvalue weighted by Crippen LogP contribution is -2.26. The fraction of sp³-hybridized carbons (Fsp3) is 0.381. The molecule has 0 atom stereocenters. The van der Waals surface area contributed by atoms with E-state index in [4.69, 9.17) is 14.7 Å². The highest BCUT2D eigenvalue weighted by atomic mass is 19.1. The van der Waals surface area contributed by atoms with Crippen LogP contribution in [0.25, 0.3) is 22.7 Å². The van der Waals surface area contributed by atoms with Gasteiger partial charge in [0.15, 0.2) is 11.5 Å². The number of nitrogens with zero attached hydrogens (tertiary/aromatic N) is 2. The molecule has 1 saturated heterocycles. The monoisotopic (exact) mass is 400 g/mol. The number of aromatic nitrogens is 2. The number of halogens is 1. The van der Waals surface area contributed by atoms with Crippen LogP contribution in [0.5, 0.6) is 0 Å². The molecule has 154 valence electrons. The molecule has 29 heavy (non-hydrogen) atoms. The summed E-state index contributed by atoms with van der Waals surface area (Å²) >= 11 is 0. The number of carbonyl (C=O) groups excluding carboxylic acids is 1. The van der Waals surface area contributed by atoms with Gasteiger partial charge in [-0.1, -0.05) is 25.4 Å². The predicted octanol–water partition coefficient (Wildman–Crippen LogP) is 4.12. The standard InChI is InChI=1S/C18H17FN4O3.C3H8/c19-12-3-1-10(2-4-12)15-14(18-22-13(9-25-18)17(20)24)16(26-23-15)11-5-7-21-8-6-11;1-3-2/h1-4,9,11,21H,5-8H2,(H2,20,24);3H2,1-2H3. The second-order valence-electron chi connectivity index (χ2n) is 6.91. The summed E-state index contributed by atoms with van der Waals surface area (Å²) < 4.78 is 24.4. The molecule has 0 aliphatic carbocycles. The predicted molar refractivity (Wildman–Crippen MR) is 107 cm³/mol. The first-order valence-electron chi connectivity index (χ1n) is 9.77. The Morgan fingerprint density at radius 1 is 1.24 bits per heavy atom. The molecule has 1 fully saturated rings. The quantitative estimate of drug-likeness (QED) is 0.682. The number of nitrogens with two attached hydrogens (primary N) is 1. The fourth-order valence-electron chi connectivity index (χ4n) is 3.18. The number of amides is 1. The average Bonchev–Trinajstić information content (AvgIpc) is 3.37. The molecule has 3 aromatic rings. The summed E-state index contributed by atoms with van der Waals surface area (Å²) in [6.45, 7) is 5.99. The number of benzene rings is 1. The molecule has 3 N–H and O–H groups in total. The van der Waals surface area contributed by atoms with Gasteiger partial charge in [0.1, 0.15) is 23.3 Å². The summed E-state index contributed by atoms with van der Waals surface area (Å²) in [5.74, 6) is 0.00111. The highest BCUT2D eigenvalue weighted by Gasteiger charge is 2.30. The third kappa shape index (κ3) is 4.71. The summed E-state index contributed by atoms with van der Waals surface area (Å²) in [6, 6.07) is 5.92. The van der Waals surface area contributed by atoms with Crippen molar-refractivity contribution in [2.45, 2.75) is 39.0 Å². The first-order valence-corrected chi connectivity index (χ1v) is 9.77. The Morgan fingerprint density at radius 2 is 1.90 bits per heavy atom. The molecule has 1 aromatic carbocycles. The van der Waals surface area contributed by atoms with Gasteiger partial charge < -0.3 is 20.0 Å². The number of piperidine rings is 1. The number of hydrogen-bond acceptors (Lipinski definition) is 6. The summed E-state index contributed by atoms with van der Waals surface area (Å²) in [6.07, 6.45) is 4.23. The number of oxazole rings is 1. The van der Waals surface area contributed by atoms with E-state index in [9.17, 15) is 9.18 Å². The Bertz CT molecular complexity index is 943. The minimum absolute atomic E-state index is 0.0301. The van der Waals surface area contributed by atoms with Crippen LogP contribution in [0.3, 0.4) is 0 Å². The first kappa shape index (κ1) is 20.7. The Labute approximate surface area is 168 Å². The zero-order valence-corrected chi connectivity index (χ0v) is 16.6. The molecule has 0 spiro atoms. The van der Waals surface area contributed by atoms with Gasteiger partial charge in [-0.05, 0) is 50.2 Å². The maximum Gasteiger partial charge on any atom is 0.270 e. The van der Waals surface area contributed by atoms with Gasteiger partial charge in [-0.25, -0.2) is 9.37 Å². The van der Waals surface area contributed by atoms with E-state index in [1.807, 2.05) is 0 Å². The SMILES string of the molecule is CCC.NC(=O)c1coc(-c2c(-c3ccc(F)cc3)noc2C2CCNCC2)n1. The van der Waals surface area contributed by atoms with Crippen molar-refractivity contribution in [3.63, 3.8) is 0 Å². The lowest BCUT2D eigenvalue weighted by Gasteiger charge is -2.20. The van der Waals surface area contributed by atoms with Crippen molar-refractivity contribution in [3.8, 4) is 22.7 Å². The van der Waals surface area contributed by atoms with Gasteiger partial charge in [0.25, 0.3) is 5.91 Å². The third-order valence-electron chi connectivity index (χ3n) is 4.52. The van der Waals surface area contributed by atoms with Crippen LogP contribution in [0.15, 0.2) is 39.5 Å². The normalized spacial score (nSPS) is 14.3. The van der Waals surface area contributed by atoms with Gasteiger partial charge in [-0.15, -0.1) is 0 Å². The molecular formula is C21H25FN4O3. The van der Waals surface area contributed by atoms with Gasteiger partial charge >= 0.3 is 0 Å². The summed E-state index contributed by atoms with van der Waals surface area (Å²) in [7, 11) is 0. The van der Waals surface area contributed by atoms with Crippen LogP contribution in [0.4, 0.5) is 4.39 Å². The maximum atomic E-state index is 13.3. The third-order valence-corrected chi connectivity index (χ3v) is 4.52. The van der Waals surface area contributed by atoms with E-state index < -0.39 is 5.91 Å². The smallest absolute Gasteiger partial charge is 0.270 e. The molecule has 3 heterocycles. The van der Waals surface area contributed by atoms with Crippen LogP contribution in [-0.2, 0) is 0 Å². The molecule has 2 aromatic heterocycles. The molecule has 0 radical (unpaired) electrons. The number of hydrogen-bond donors (Lipinski definition) is 2. The fourth-order valence-corrected chi connectivity index (χ4v) is 3.18. The Balaban J connectivity index is 0.000000755. The van der Waals surface area contributed by atoms with E-state index in [0.29, 0.717) is 22.6 Å². The lowest BCUT2D eigenvalue weighted by atomic mass is 9.91. The Hall–Kier alpha value is -3.00. The maximum absolute atomic E-state index is 13.3. The van der Waals surface area contributed by atoms with Crippen LogP contribution in [0, 0.1) is 5.82 Å². The summed E-state index contributed by atoms with van der Waals surface area (Å²) in [4.78, 5) is 15.6. The molecule has 0 unspecified atom stereocenters. The van der Waals surface area contributed by atoms with E-state index >= 15 is 0 Å². The highest BCUT2D eigenvalue weighted by Crippen LogP contribution is 2.40. The molecule has 0 saturated carbocycles. The Kier molecular flexibility index (Phi) is 6.77. The van der Waals surface area contributed by atoms with Crippen molar-refractivity contribution in [3.05, 3.63) is 47.8 Å². The largest absolute Gasteiger partial charge is 0.443 e. The average molecular weight is 400 g/mol. The van der Waals surface area contributed by atoms with E-state index in [-0.39, 0.29) is 23.3 Å². The second-order valence-corrected chi connectivity index (χ2v) is 6.91. The zero-order valence-electron chi connectivity index (χ0n) is 16.6. The van der Waals surface area contributed by atoms with Crippen molar-refractivity contribution in [2.24, 2.45) is 5.73 Å². The molecule has 7 nitrogen and oxygen atoms in total. The van der Waals surface area contributed by atoms with Crippen LogP contribution >= 0.6 is 0 Å². The van der Waals surface area contributed by atoms with E-state index in [2.05, 4.69) is 29.3 Å². The topological polar surface area (TPSA) is 107 Å². The number of primary amides is 1. The number of nitrogens with one attached hydrogen (secondary N) is 1. The van der Waals surface area contributed by atoms with E-state index in [0.717, 1.165) is 25.9 Å². The molecule has 1 aliphatic heterocycles. The van der Waals surface area contributed by atoms with Gasteiger partial charge in [-0.2, -0.15) is 0 Å². The molecule has 8 heteroatoms. The Morgan fingerprint density at radius 3 is 2.48 bits per heavy atom. The van der Waals surface area contributed by atoms with Crippen LogP contribution in [-0.4, -0.2) is 29.1 Å². The number of carbonyl (C=O) groups is 1. The zero-order chi connectivity index (χ0) is 20.8. The van der Waals surface area contributed by atoms with Gasteiger partial charge in [0.2, 0.25) is 5.89 Å². The van der Waals surface area contributed by atoms with Gasteiger partial charge in [0, 0.05) is 11.5 Å². The summed E-state index contributed by atoms with van der Waals surface area (Å²) in [5.41, 5.74) is 7.05. The van der Waals surface area contributed by atoms with Crippen molar-refractivity contribution < 1.29 is 18.1 Å². The van der Waals surface area contributed by atoms with Gasteiger partial charge in [-0.3, -0.25) is 4.79 Å². The number of rotatable bonds is 4. The molecule has 4 rings (SSSR count). The highest BCUT2D eigenvalue weighted by molar-refractivity contribution is 5.91. The van der Waals surface area contributed by atoms with Crippen LogP contribution < -0.4 is 11.1 Å². The molecule has 1 amide bonds. The van der Waals surface area contributed by atoms with E-state index in [1.54, 1.807) is 12.1 Å². The van der Waals surface area contributed by atoms with Crippen molar-refractivity contribution >= 4 is 5.91 Å². The van der Waals surface area contributed by atoms with Crippen LogP contribution in [0.2, 0.25) is 0 Å². The molecular weight excluding hydrogens is 375 g/mol. The summed E-state index contributed by atoms with van der Waals surface area (Å²) in [5, 5.41) is 7.49. The minimum atomic E-state index is -0.678. The lowest BCUT2D eigenvalue weighted by molar-refractivity contribution is 0.0995. The molecule has 1 aliphatic rings. The molecule has 0 bridgehead atoms. The first-order chi connectivity index (χ1) is 14.0.